The Balaban J connectivity index is 2.63. The Hall–Kier alpha value is -0.540. The van der Waals surface area contributed by atoms with Gasteiger partial charge in [0.2, 0.25) is 0 Å². The lowest BCUT2D eigenvalue weighted by Gasteiger charge is -2.17. The molecule has 0 spiro atoms. The highest BCUT2D eigenvalue weighted by atomic mass is 79.9. The largest absolute Gasteiger partial charge is 0.342 e. The Morgan fingerprint density at radius 3 is 2.81 bits per heavy atom. The standard InChI is InChI=1S/C12H15BrClNO/c1-9(14)6-7-15(2)12(16)10-4-3-5-11(13)8-10/h3-5,8-9H,6-7H2,1-2H3. The summed E-state index contributed by atoms with van der Waals surface area (Å²) in [4.78, 5) is 13.7. The molecule has 0 aliphatic rings. The van der Waals surface area contributed by atoms with Crippen LogP contribution in [0.2, 0.25) is 0 Å². The van der Waals surface area contributed by atoms with Crippen molar-refractivity contribution < 1.29 is 4.79 Å². The molecule has 2 nitrogen and oxygen atoms in total. The molecule has 0 aromatic heterocycles. The van der Waals surface area contributed by atoms with Gasteiger partial charge in [0, 0.05) is 29.0 Å². The molecule has 4 heteroatoms. The Morgan fingerprint density at radius 2 is 2.25 bits per heavy atom. The van der Waals surface area contributed by atoms with E-state index in [0.29, 0.717) is 12.1 Å². The van der Waals surface area contributed by atoms with Crippen LogP contribution in [0.3, 0.4) is 0 Å². The molecule has 1 atom stereocenters. The van der Waals surface area contributed by atoms with Crippen molar-refractivity contribution >= 4 is 33.4 Å². The van der Waals surface area contributed by atoms with E-state index < -0.39 is 0 Å². The molecule has 0 heterocycles. The highest BCUT2D eigenvalue weighted by molar-refractivity contribution is 9.10. The molecule has 1 aromatic carbocycles. The Kier molecular flexibility index (Phi) is 5.29. The summed E-state index contributed by atoms with van der Waals surface area (Å²) in [6.07, 6.45) is 0.803. The topological polar surface area (TPSA) is 20.3 Å². The van der Waals surface area contributed by atoms with Crippen molar-refractivity contribution in [3.8, 4) is 0 Å². The van der Waals surface area contributed by atoms with Gasteiger partial charge in [0.15, 0.2) is 0 Å². The molecule has 1 aromatic rings. The second-order valence-electron chi connectivity index (χ2n) is 3.81. The minimum absolute atomic E-state index is 0.0265. The maximum atomic E-state index is 12.0. The SMILES string of the molecule is CC(Cl)CCN(C)C(=O)c1cccc(Br)c1. The van der Waals surface area contributed by atoms with Gasteiger partial charge in [-0.15, -0.1) is 11.6 Å². The number of hydrogen-bond acceptors (Lipinski definition) is 1. The molecule has 0 aliphatic carbocycles. The molecule has 0 N–H and O–H groups in total. The number of carbonyl (C=O) groups is 1. The van der Waals surface area contributed by atoms with Crippen molar-refractivity contribution in [2.45, 2.75) is 18.7 Å². The summed E-state index contributed by atoms with van der Waals surface area (Å²) in [7, 11) is 1.79. The fraction of sp³-hybridized carbons (Fsp3) is 0.417. The van der Waals surface area contributed by atoms with Gasteiger partial charge >= 0.3 is 0 Å². The third-order valence-electron chi connectivity index (χ3n) is 2.28. The molecule has 16 heavy (non-hydrogen) atoms. The first-order valence-electron chi connectivity index (χ1n) is 5.16. The molecule has 0 fully saturated rings. The summed E-state index contributed by atoms with van der Waals surface area (Å²) in [5, 5.41) is 0.0951. The van der Waals surface area contributed by atoms with Gasteiger partial charge in [-0.25, -0.2) is 0 Å². The molecule has 1 unspecified atom stereocenters. The number of nitrogens with zero attached hydrogens (tertiary/aromatic N) is 1. The van der Waals surface area contributed by atoms with Crippen molar-refractivity contribution in [2.75, 3.05) is 13.6 Å². The van der Waals surface area contributed by atoms with Gasteiger partial charge in [0.25, 0.3) is 5.91 Å². The van der Waals surface area contributed by atoms with Crippen molar-refractivity contribution in [3.63, 3.8) is 0 Å². The van der Waals surface area contributed by atoms with Crippen LogP contribution < -0.4 is 0 Å². The highest BCUT2D eigenvalue weighted by Gasteiger charge is 2.12. The molecular formula is C12H15BrClNO. The van der Waals surface area contributed by atoms with E-state index in [4.69, 9.17) is 11.6 Å². The third kappa shape index (κ3) is 4.14. The minimum Gasteiger partial charge on any atom is -0.342 e. The maximum absolute atomic E-state index is 12.0. The number of carbonyl (C=O) groups excluding carboxylic acids is 1. The van der Waals surface area contributed by atoms with Crippen LogP contribution in [0, 0.1) is 0 Å². The average molecular weight is 305 g/mol. The molecule has 88 valence electrons. The predicted octanol–water partition coefficient (Wildman–Crippen LogP) is 3.54. The van der Waals surface area contributed by atoms with Crippen molar-refractivity contribution in [1.82, 2.24) is 4.90 Å². The Labute approximate surface area is 110 Å². The van der Waals surface area contributed by atoms with E-state index in [2.05, 4.69) is 15.9 Å². The van der Waals surface area contributed by atoms with E-state index in [1.54, 1.807) is 11.9 Å². The summed E-state index contributed by atoms with van der Waals surface area (Å²) >= 11 is 9.20. The molecule has 0 saturated carbocycles. The van der Waals surface area contributed by atoms with Crippen LogP contribution in [0.4, 0.5) is 0 Å². The van der Waals surface area contributed by atoms with Crippen LogP contribution in [0.25, 0.3) is 0 Å². The zero-order valence-corrected chi connectivity index (χ0v) is 11.8. The van der Waals surface area contributed by atoms with E-state index in [1.165, 1.54) is 0 Å². The quantitative estimate of drug-likeness (QED) is 0.779. The number of rotatable bonds is 4. The van der Waals surface area contributed by atoms with E-state index in [0.717, 1.165) is 10.9 Å². The average Bonchev–Trinajstić information content (AvgIpc) is 2.24. The normalized spacial score (nSPS) is 12.2. The van der Waals surface area contributed by atoms with Gasteiger partial charge in [0.05, 0.1) is 0 Å². The smallest absolute Gasteiger partial charge is 0.253 e. The van der Waals surface area contributed by atoms with E-state index >= 15 is 0 Å². The summed E-state index contributed by atoms with van der Waals surface area (Å²) in [5.41, 5.74) is 0.694. The van der Waals surface area contributed by atoms with Crippen LogP contribution in [0.1, 0.15) is 23.7 Å². The van der Waals surface area contributed by atoms with Crippen LogP contribution in [0.15, 0.2) is 28.7 Å². The van der Waals surface area contributed by atoms with Crippen molar-refractivity contribution in [3.05, 3.63) is 34.3 Å². The predicted molar refractivity (Wildman–Crippen MR) is 71.0 cm³/mol. The first-order valence-corrected chi connectivity index (χ1v) is 6.38. The number of amides is 1. The summed E-state index contributed by atoms with van der Waals surface area (Å²) in [6.45, 7) is 2.61. The van der Waals surface area contributed by atoms with E-state index in [-0.39, 0.29) is 11.3 Å². The molecule has 0 radical (unpaired) electrons. The monoisotopic (exact) mass is 303 g/mol. The van der Waals surface area contributed by atoms with E-state index in [1.807, 2.05) is 31.2 Å². The van der Waals surface area contributed by atoms with Crippen molar-refractivity contribution in [1.29, 1.82) is 0 Å². The molecule has 0 saturated heterocycles. The Morgan fingerprint density at radius 1 is 1.56 bits per heavy atom. The second-order valence-corrected chi connectivity index (χ2v) is 5.47. The zero-order chi connectivity index (χ0) is 12.1. The van der Waals surface area contributed by atoms with Crippen LogP contribution in [-0.2, 0) is 0 Å². The van der Waals surface area contributed by atoms with Gasteiger partial charge in [-0.2, -0.15) is 0 Å². The molecule has 0 bridgehead atoms. The van der Waals surface area contributed by atoms with Gasteiger partial charge in [-0.05, 0) is 31.5 Å². The molecule has 1 rings (SSSR count). The first kappa shape index (κ1) is 13.5. The summed E-state index contributed by atoms with van der Waals surface area (Å²) in [6, 6.07) is 7.39. The summed E-state index contributed by atoms with van der Waals surface area (Å²) in [5.74, 6) is 0.0265. The number of hydrogen-bond donors (Lipinski definition) is 0. The lowest BCUT2D eigenvalue weighted by Crippen LogP contribution is -2.28. The number of halogens is 2. The zero-order valence-electron chi connectivity index (χ0n) is 9.41. The van der Waals surface area contributed by atoms with Crippen LogP contribution >= 0.6 is 27.5 Å². The van der Waals surface area contributed by atoms with Gasteiger partial charge in [0.1, 0.15) is 0 Å². The maximum Gasteiger partial charge on any atom is 0.253 e. The molecular weight excluding hydrogens is 289 g/mol. The molecule has 1 amide bonds. The number of benzene rings is 1. The lowest BCUT2D eigenvalue weighted by atomic mass is 10.2. The van der Waals surface area contributed by atoms with Gasteiger partial charge < -0.3 is 4.90 Å². The first-order chi connectivity index (χ1) is 7.50. The minimum atomic E-state index is 0.0265. The van der Waals surface area contributed by atoms with Crippen molar-refractivity contribution in [2.24, 2.45) is 0 Å². The summed E-state index contributed by atoms with van der Waals surface area (Å²) < 4.78 is 0.914. The highest BCUT2D eigenvalue weighted by Crippen LogP contribution is 2.13. The van der Waals surface area contributed by atoms with Gasteiger partial charge in [-0.1, -0.05) is 22.0 Å². The fourth-order valence-corrected chi connectivity index (χ4v) is 1.81. The molecule has 0 aliphatic heterocycles. The second kappa shape index (κ2) is 6.26. The van der Waals surface area contributed by atoms with E-state index in [9.17, 15) is 4.79 Å². The lowest BCUT2D eigenvalue weighted by molar-refractivity contribution is 0.0793. The number of alkyl halides is 1. The van der Waals surface area contributed by atoms with Crippen LogP contribution in [0.5, 0.6) is 0 Å². The van der Waals surface area contributed by atoms with Gasteiger partial charge in [-0.3, -0.25) is 4.79 Å². The fourth-order valence-electron chi connectivity index (χ4n) is 1.31. The van der Waals surface area contributed by atoms with Crippen LogP contribution in [-0.4, -0.2) is 29.8 Å². The third-order valence-corrected chi connectivity index (χ3v) is 2.99. The Bertz CT molecular complexity index is 368.